The van der Waals surface area contributed by atoms with Crippen LogP contribution in [0.2, 0.25) is 0 Å². The molecule has 0 unspecified atom stereocenters. The summed E-state index contributed by atoms with van der Waals surface area (Å²) < 4.78 is 31.8. The molecule has 1 atom stereocenters. The lowest BCUT2D eigenvalue weighted by Gasteiger charge is -2.21. The number of nitrogens with one attached hydrogen (secondary N) is 3. The molecule has 15 heteroatoms. The zero-order chi connectivity index (χ0) is 29.4. The fourth-order valence-corrected chi connectivity index (χ4v) is 4.47. The number of carbonyl (C=O) groups is 4. The van der Waals surface area contributed by atoms with E-state index in [1.807, 2.05) is 0 Å². The number of nitrogens with zero attached hydrogens (tertiary/aromatic N) is 1. The van der Waals surface area contributed by atoms with Gasteiger partial charge in [-0.1, -0.05) is 6.07 Å². The maximum Gasteiger partial charge on any atom is 0.255 e. The van der Waals surface area contributed by atoms with Crippen LogP contribution in [0.3, 0.4) is 0 Å². The van der Waals surface area contributed by atoms with Crippen molar-refractivity contribution in [1.29, 1.82) is 0 Å². The number of guanidine groups is 1. The van der Waals surface area contributed by atoms with Crippen LogP contribution in [0.4, 0.5) is 11.4 Å². The zero-order valence-corrected chi connectivity index (χ0v) is 22.5. The first-order valence-electron chi connectivity index (χ1n) is 12.2. The van der Waals surface area contributed by atoms with E-state index < -0.39 is 39.6 Å². The van der Waals surface area contributed by atoms with Gasteiger partial charge < -0.3 is 32.6 Å². The molecule has 0 spiro atoms. The van der Waals surface area contributed by atoms with Crippen molar-refractivity contribution >= 4 is 50.9 Å². The predicted molar refractivity (Wildman–Crippen MR) is 148 cm³/mol. The fourth-order valence-electron chi connectivity index (χ4n) is 3.92. The first-order valence-corrected chi connectivity index (χ1v) is 14.1. The molecule has 14 nitrogen and oxygen atoms in total. The number of rotatable bonds is 7. The second-order valence-corrected chi connectivity index (χ2v) is 10.8. The highest BCUT2D eigenvalue weighted by atomic mass is 32.2. The lowest BCUT2D eigenvalue weighted by Crippen LogP contribution is -2.41. The Morgan fingerprint density at radius 2 is 1.85 bits per heavy atom. The van der Waals surface area contributed by atoms with E-state index in [-0.39, 0.29) is 66.6 Å². The Labute approximate surface area is 230 Å². The van der Waals surface area contributed by atoms with E-state index in [0.29, 0.717) is 12.0 Å². The normalized spacial score (nSPS) is 16.2. The van der Waals surface area contributed by atoms with Gasteiger partial charge >= 0.3 is 0 Å². The molecule has 1 aliphatic heterocycles. The predicted octanol–water partition coefficient (Wildman–Crippen LogP) is 0.189. The summed E-state index contributed by atoms with van der Waals surface area (Å²) in [4.78, 5) is 54.8. The Morgan fingerprint density at radius 3 is 2.52 bits per heavy atom. The molecule has 9 N–H and O–H groups in total. The van der Waals surface area contributed by atoms with Crippen LogP contribution in [0, 0.1) is 0 Å². The molecule has 0 saturated carbocycles. The number of aliphatic imine (C=N–C) groups is 1. The first-order chi connectivity index (χ1) is 18.8. The van der Waals surface area contributed by atoms with E-state index in [0.717, 1.165) is 6.26 Å². The third kappa shape index (κ3) is 8.69. The number of benzene rings is 2. The molecule has 0 fully saturated rings. The van der Waals surface area contributed by atoms with E-state index >= 15 is 0 Å². The van der Waals surface area contributed by atoms with Crippen molar-refractivity contribution in [1.82, 2.24) is 5.32 Å². The van der Waals surface area contributed by atoms with Gasteiger partial charge in [-0.2, -0.15) is 0 Å². The summed E-state index contributed by atoms with van der Waals surface area (Å²) in [5.41, 5.74) is 17.0. The van der Waals surface area contributed by atoms with Gasteiger partial charge in [0.15, 0.2) is 11.7 Å². The smallest absolute Gasteiger partial charge is 0.255 e. The van der Waals surface area contributed by atoms with Gasteiger partial charge in [-0.3, -0.25) is 28.9 Å². The van der Waals surface area contributed by atoms with Gasteiger partial charge in [0, 0.05) is 41.9 Å². The number of fused-ring (bicyclic) bond motifs is 2. The molecule has 214 valence electrons. The summed E-state index contributed by atoms with van der Waals surface area (Å²) in [6, 6.07) is 7.50. The number of Topliss-reactive ketones (excluding diaryl/α,β-unsaturated/α-hetero) is 1. The molecule has 0 bridgehead atoms. The standard InChI is InChI=1S/C25H31N7O7S/c1-40(37,38)32-16-6-8-21-17(12-16)24(36)31-18(3-2-10-29-25(27)28)20(33)7-9-22(34)30-19-11-14(23(26)35)4-5-15(19)13-39-21/h4-6,8,11-12,18,32H,2-3,7,9-10,13H2,1H3,(H2,26,35)(H,30,34)(H,31,36)(H4,27,28,29)/t18-/m0/s1. The summed E-state index contributed by atoms with van der Waals surface area (Å²) in [5.74, 6) is -2.34. The molecule has 1 aliphatic rings. The topological polar surface area (TPSA) is 238 Å². The quantitative estimate of drug-likeness (QED) is 0.150. The van der Waals surface area contributed by atoms with Gasteiger partial charge in [-0.15, -0.1) is 0 Å². The first kappa shape index (κ1) is 29.9. The average Bonchev–Trinajstić information content (AvgIpc) is 2.87. The summed E-state index contributed by atoms with van der Waals surface area (Å²) in [6.45, 7) is 0.0816. The van der Waals surface area contributed by atoms with Crippen molar-refractivity contribution in [3.8, 4) is 5.75 Å². The number of anilines is 2. The van der Waals surface area contributed by atoms with Gasteiger partial charge in [0.05, 0.1) is 17.9 Å². The Kier molecular flexibility index (Phi) is 9.66. The molecule has 40 heavy (non-hydrogen) atoms. The summed E-state index contributed by atoms with van der Waals surface area (Å²) in [7, 11) is -3.66. The van der Waals surface area contributed by atoms with Crippen LogP contribution in [0.15, 0.2) is 41.4 Å². The van der Waals surface area contributed by atoms with Crippen LogP contribution >= 0.6 is 0 Å². The third-order valence-corrected chi connectivity index (χ3v) is 6.42. The molecule has 2 aromatic rings. The van der Waals surface area contributed by atoms with Crippen LogP contribution in [0.5, 0.6) is 5.75 Å². The number of nitrogens with two attached hydrogens (primary N) is 3. The highest BCUT2D eigenvalue weighted by molar-refractivity contribution is 7.92. The molecule has 2 aromatic carbocycles. The van der Waals surface area contributed by atoms with Crippen LogP contribution in [-0.2, 0) is 26.2 Å². The van der Waals surface area contributed by atoms with Crippen molar-refractivity contribution in [3.05, 3.63) is 53.1 Å². The van der Waals surface area contributed by atoms with Crippen LogP contribution in [-0.4, -0.2) is 56.7 Å². The van der Waals surface area contributed by atoms with Crippen molar-refractivity contribution in [3.63, 3.8) is 0 Å². The van der Waals surface area contributed by atoms with E-state index in [9.17, 15) is 27.6 Å². The van der Waals surface area contributed by atoms with Gasteiger partial charge in [-0.25, -0.2) is 8.42 Å². The molecule has 0 radical (unpaired) electrons. The van der Waals surface area contributed by atoms with Crippen LogP contribution < -0.4 is 37.3 Å². The second-order valence-electron chi connectivity index (χ2n) is 9.10. The van der Waals surface area contributed by atoms with Crippen LogP contribution in [0.1, 0.15) is 52.0 Å². The minimum absolute atomic E-state index is 0.0351. The van der Waals surface area contributed by atoms with Gasteiger partial charge in [-0.05, 0) is 43.2 Å². The van der Waals surface area contributed by atoms with Crippen molar-refractivity contribution in [2.45, 2.75) is 38.3 Å². The highest BCUT2D eigenvalue weighted by Gasteiger charge is 2.25. The summed E-state index contributed by atoms with van der Waals surface area (Å²) in [6.07, 6.45) is 1.10. The van der Waals surface area contributed by atoms with Crippen molar-refractivity contribution in [2.24, 2.45) is 22.2 Å². The molecule has 0 aromatic heterocycles. The molecular weight excluding hydrogens is 542 g/mol. The number of sulfonamides is 1. The highest BCUT2D eigenvalue weighted by Crippen LogP contribution is 2.27. The molecule has 0 aliphatic carbocycles. The molecular formula is C25H31N7O7S. The fraction of sp³-hybridized carbons (Fsp3) is 0.320. The Balaban J connectivity index is 2.02. The van der Waals surface area contributed by atoms with Gasteiger partial charge in [0.2, 0.25) is 21.8 Å². The molecule has 1 heterocycles. The van der Waals surface area contributed by atoms with Gasteiger partial charge in [0.25, 0.3) is 5.91 Å². The van der Waals surface area contributed by atoms with Crippen molar-refractivity contribution < 1.29 is 32.3 Å². The number of hydrogen-bond acceptors (Lipinski definition) is 8. The monoisotopic (exact) mass is 573 g/mol. The Morgan fingerprint density at radius 1 is 1.10 bits per heavy atom. The zero-order valence-electron chi connectivity index (χ0n) is 21.7. The Bertz CT molecular complexity index is 1450. The SMILES string of the molecule is CS(=O)(=O)Nc1ccc2c(c1)C(=O)N[C@@H](CCCN=C(N)N)C(=O)CCC(=O)Nc1cc(C(N)=O)ccc1CO2. The second kappa shape index (κ2) is 12.9. The number of ketones is 1. The largest absolute Gasteiger partial charge is 0.488 e. The third-order valence-electron chi connectivity index (χ3n) is 5.82. The maximum absolute atomic E-state index is 13.4. The molecule has 3 rings (SSSR count). The van der Waals surface area contributed by atoms with E-state index in [1.54, 1.807) is 6.07 Å². The van der Waals surface area contributed by atoms with Crippen LogP contribution in [0.25, 0.3) is 0 Å². The maximum atomic E-state index is 13.4. The Hall–Kier alpha value is -4.66. The number of hydrogen-bond donors (Lipinski definition) is 6. The number of primary amides is 1. The number of amides is 3. The summed E-state index contributed by atoms with van der Waals surface area (Å²) in [5, 5.41) is 5.36. The van der Waals surface area contributed by atoms with Gasteiger partial charge in [0.1, 0.15) is 12.4 Å². The summed E-state index contributed by atoms with van der Waals surface area (Å²) >= 11 is 0. The number of ether oxygens (including phenoxy) is 1. The lowest BCUT2D eigenvalue weighted by atomic mass is 10.0. The minimum Gasteiger partial charge on any atom is -0.488 e. The molecule has 3 amide bonds. The van der Waals surface area contributed by atoms with E-state index in [1.165, 1.54) is 30.3 Å². The van der Waals surface area contributed by atoms with E-state index in [4.69, 9.17) is 21.9 Å². The molecule has 0 saturated heterocycles. The number of carbonyl (C=O) groups excluding carboxylic acids is 4. The minimum atomic E-state index is -3.66. The lowest BCUT2D eigenvalue weighted by molar-refractivity contribution is -0.124. The average molecular weight is 574 g/mol. The van der Waals surface area contributed by atoms with E-state index in [2.05, 4.69) is 20.3 Å². The van der Waals surface area contributed by atoms with Crippen molar-refractivity contribution in [2.75, 3.05) is 22.8 Å².